The molecule has 3 amide bonds. The average molecular weight is 504 g/mol. The van der Waals surface area contributed by atoms with Crippen LogP contribution in [0.4, 0.5) is 0 Å². The summed E-state index contributed by atoms with van der Waals surface area (Å²) in [6.07, 6.45) is 6.43. The van der Waals surface area contributed by atoms with E-state index in [1.807, 2.05) is 20.8 Å². The van der Waals surface area contributed by atoms with Gasteiger partial charge in [0.25, 0.3) is 0 Å². The molecule has 3 rings (SSSR count). The van der Waals surface area contributed by atoms with Crippen LogP contribution in [0.25, 0.3) is 0 Å². The van der Waals surface area contributed by atoms with Gasteiger partial charge in [-0.3, -0.25) is 14.4 Å². The number of ether oxygens (including phenoxy) is 1. The van der Waals surface area contributed by atoms with Gasteiger partial charge in [0.2, 0.25) is 17.7 Å². The van der Waals surface area contributed by atoms with Gasteiger partial charge in [-0.25, -0.2) is 0 Å². The molecular formula is C28H45N3O5. The predicted octanol–water partition coefficient (Wildman–Crippen LogP) is 2.62. The van der Waals surface area contributed by atoms with E-state index in [1.54, 1.807) is 33.9 Å². The molecule has 3 unspecified atom stereocenters. The number of likely N-dealkylation sites (tertiary alicyclic amines) is 1. The van der Waals surface area contributed by atoms with Gasteiger partial charge < -0.3 is 24.5 Å². The zero-order chi connectivity index (χ0) is 26.8. The number of amides is 3. The molecule has 0 aromatic rings. The summed E-state index contributed by atoms with van der Waals surface area (Å²) in [4.78, 5) is 47.0. The monoisotopic (exact) mass is 503 g/mol. The van der Waals surface area contributed by atoms with Gasteiger partial charge in [0.1, 0.15) is 11.6 Å². The van der Waals surface area contributed by atoms with Crippen LogP contribution in [0.5, 0.6) is 0 Å². The lowest BCUT2D eigenvalue weighted by Gasteiger charge is -2.41. The molecule has 3 aliphatic rings. The predicted molar refractivity (Wildman–Crippen MR) is 139 cm³/mol. The zero-order valence-corrected chi connectivity index (χ0v) is 22.7. The second kappa shape index (κ2) is 11.5. The fraction of sp³-hybridized carbons (Fsp3) is 0.750. The third kappa shape index (κ3) is 4.74. The van der Waals surface area contributed by atoms with Crippen LogP contribution in [-0.2, 0) is 19.1 Å². The number of nitrogens with zero attached hydrogens (tertiary/aromatic N) is 3. The van der Waals surface area contributed by atoms with Crippen LogP contribution >= 0.6 is 0 Å². The molecule has 0 aromatic heterocycles. The van der Waals surface area contributed by atoms with Gasteiger partial charge in [0, 0.05) is 26.2 Å². The quantitative estimate of drug-likeness (QED) is 0.390. The van der Waals surface area contributed by atoms with E-state index in [2.05, 4.69) is 20.1 Å². The maximum Gasteiger partial charge on any atom is 0.248 e. The van der Waals surface area contributed by atoms with Crippen molar-refractivity contribution in [1.29, 1.82) is 0 Å². The number of aliphatic hydroxyl groups excluding tert-OH is 1. The minimum Gasteiger partial charge on any atom is -0.394 e. The van der Waals surface area contributed by atoms with Crippen molar-refractivity contribution in [1.82, 2.24) is 14.7 Å². The van der Waals surface area contributed by atoms with E-state index in [4.69, 9.17) is 4.74 Å². The van der Waals surface area contributed by atoms with E-state index in [0.29, 0.717) is 32.4 Å². The van der Waals surface area contributed by atoms with Gasteiger partial charge in [0.05, 0.1) is 30.6 Å². The summed E-state index contributed by atoms with van der Waals surface area (Å²) in [5.41, 5.74) is -1.07. The number of carbonyl (C=O) groups is 3. The van der Waals surface area contributed by atoms with E-state index in [-0.39, 0.29) is 36.3 Å². The van der Waals surface area contributed by atoms with Crippen LogP contribution in [-0.4, -0.2) is 94.1 Å². The fourth-order valence-corrected chi connectivity index (χ4v) is 6.76. The lowest BCUT2D eigenvalue weighted by atomic mass is 9.70. The highest BCUT2D eigenvalue weighted by molar-refractivity contribution is 5.99. The van der Waals surface area contributed by atoms with E-state index in [0.717, 1.165) is 12.8 Å². The van der Waals surface area contributed by atoms with Crippen molar-refractivity contribution in [3.8, 4) is 0 Å². The Balaban J connectivity index is 2.10. The molecule has 0 aromatic carbocycles. The Labute approximate surface area is 216 Å². The maximum atomic E-state index is 14.4. The SMILES string of the molecule is C=CCN(C)C(=O)[C@@H]1[C@H]2C(=O)N([C@@H](CO)CC(C)C)C(C(=O)N(CC=C)C(C)CCC)C23CC[C@H]1O3. The third-order valence-corrected chi connectivity index (χ3v) is 8.23. The van der Waals surface area contributed by atoms with Crippen molar-refractivity contribution >= 4 is 17.7 Å². The second-order valence-electron chi connectivity index (χ2n) is 11.2. The van der Waals surface area contributed by atoms with Crippen LogP contribution in [0.3, 0.4) is 0 Å². The summed E-state index contributed by atoms with van der Waals surface area (Å²) >= 11 is 0. The second-order valence-corrected chi connectivity index (χ2v) is 11.2. The van der Waals surface area contributed by atoms with E-state index in [1.165, 1.54) is 0 Å². The van der Waals surface area contributed by atoms with Crippen molar-refractivity contribution in [2.75, 3.05) is 26.7 Å². The van der Waals surface area contributed by atoms with Crippen LogP contribution in [0.1, 0.15) is 59.8 Å². The summed E-state index contributed by atoms with van der Waals surface area (Å²) in [7, 11) is 1.70. The molecule has 202 valence electrons. The minimum atomic E-state index is -1.07. The van der Waals surface area contributed by atoms with Crippen LogP contribution in [0.15, 0.2) is 25.3 Å². The van der Waals surface area contributed by atoms with Crippen LogP contribution < -0.4 is 0 Å². The van der Waals surface area contributed by atoms with Crippen molar-refractivity contribution in [2.45, 2.75) is 89.6 Å². The molecule has 3 aliphatic heterocycles. The van der Waals surface area contributed by atoms with Crippen LogP contribution in [0.2, 0.25) is 0 Å². The highest BCUT2D eigenvalue weighted by Gasteiger charge is 2.75. The molecule has 1 spiro atoms. The third-order valence-electron chi connectivity index (χ3n) is 8.23. The molecule has 2 bridgehead atoms. The Kier molecular flexibility index (Phi) is 9.04. The molecule has 0 saturated carbocycles. The molecule has 3 saturated heterocycles. The topological polar surface area (TPSA) is 90.4 Å². The van der Waals surface area contributed by atoms with Gasteiger partial charge in [-0.2, -0.15) is 0 Å². The molecule has 1 N–H and O–H groups in total. The first kappa shape index (κ1) is 28.4. The number of aliphatic hydroxyl groups is 1. The highest BCUT2D eigenvalue weighted by Crippen LogP contribution is 2.59. The van der Waals surface area contributed by atoms with Gasteiger partial charge >= 0.3 is 0 Å². The smallest absolute Gasteiger partial charge is 0.248 e. The summed E-state index contributed by atoms with van der Waals surface area (Å²) in [6.45, 7) is 16.2. The molecule has 36 heavy (non-hydrogen) atoms. The molecule has 0 aliphatic carbocycles. The van der Waals surface area contributed by atoms with Gasteiger partial charge in [0.15, 0.2) is 0 Å². The molecule has 0 radical (unpaired) electrons. The zero-order valence-electron chi connectivity index (χ0n) is 22.7. The van der Waals surface area contributed by atoms with Crippen molar-refractivity contribution < 1.29 is 24.2 Å². The number of likely N-dealkylation sites (N-methyl/N-ethyl adjacent to an activating group) is 1. The van der Waals surface area contributed by atoms with Crippen molar-refractivity contribution in [3.05, 3.63) is 25.3 Å². The van der Waals surface area contributed by atoms with Gasteiger partial charge in [-0.1, -0.05) is 39.3 Å². The summed E-state index contributed by atoms with van der Waals surface area (Å²) < 4.78 is 6.56. The van der Waals surface area contributed by atoms with Crippen molar-refractivity contribution in [3.63, 3.8) is 0 Å². The Morgan fingerprint density at radius 3 is 2.44 bits per heavy atom. The summed E-state index contributed by atoms with van der Waals surface area (Å²) in [6, 6.07) is -1.44. The Bertz CT molecular complexity index is 860. The molecule has 8 nitrogen and oxygen atoms in total. The normalized spacial score (nSPS) is 30.3. The Morgan fingerprint density at radius 1 is 1.22 bits per heavy atom. The van der Waals surface area contributed by atoms with Gasteiger partial charge in [-0.05, 0) is 38.5 Å². The first-order valence-electron chi connectivity index (χ1n) is 13.5. The van der Waals surface area contributed by atoms with Gasteiger partial charge in [-0.15, -0.1) is 13.2 Å². The lowest BCUT2D eigenvalue weighted by molar-refractivity contribution is -0.153. The molecule has 3 heterocycles. The number of rotatable bonds is 13. The maximum absolute atomic E-state index is 14.4. The molecule has 3 fully saturated rings. The highest BCUT2D eigenvalue weighted by atomic mass is 16.5. The van der Waals surface area contributed by atoms with E-state index in [9.17, 15) is 19.5 Å². The number of hydrogen-bond donors (Lipinski definition) is 1. The number of fused-ring (bicyclic) bond motifs is 1. The number of hydrogen-bond acceptors (Lipinski definition) is 5. The fourth-order valence-electron chi connectivity index (χ4n) is 6.76. The first-order valence-corrected chi connectivity index (χ1v) is 13.5. The lowest BCUT2D eigenvalue weighted by Crippen LogP contribution is -2.60. The van der Waals surface area contributed by atoms with E-state index < -0.39 is 35.6 Å². The largest absolute Gasteiger partial charge is 0.394 e. The molecular weight excluding hydrogens is 458 g/mol. The van der Waals surface area contributed by atoms with Crippen molar-refractivity contribution in [2.24, 2.45) is 17.8 Å². The molecule has 8 heteroatoms. The number of carbonyl (C=O) groups excluding carboxylic acids is 3. The standard InChI is InChI=1S/C28H45N3O5/c1-8-11-19(6)30(15-10-3)27(35)24-28-13-12-21(36-28)22(25(33)29(7)14-9-2)23(28)26(34)31(24)20(17-32)16-18(4)5/h9-10,18-24,32H,2-3,8,11-17H2,1,4-7H3/t19?,20-,21-,22+,23+,24?,28?/m1/s1. The Hall–Kier alpha value is -2.19. The summed E-state index contributed by atoms with van der Waals surface area (Å²) in [5.74, 6) is -1.75. The first-order chi connectivity index (χ1) is 17.1. The molecule has 7 atom stereocenters. The van der Waals surface area contributed by atoms with E-state index >= 15 is 0 Å². The summed E-state index contributed by atoms with van der Waals surface area (Å²) in [5, 5.41) is 10.4. The average Bonchev–Trinajstić information content (AvgIpc) is 3.47. The minimum absolute atomic E-state index is 0.0414. The van der Waals surface area contributed by atoms with Crippen LogP contribution in [0, 0.1) is 17.8 Å². The Morgan fingerprint density at radius 2 is 1.89 bits per heavy atom.